The van der Waals surface area contributed by atoms with Crippen molar-refractivity contribution >= 4 is 27.8 Å². The fraction of sp³-hybridized carbons (Fsp3) is 0.769. The van der Waals surface area contributed by atoms with E-state index in [2.05, 4.69) is 31.4 Å². The second-order valence-electron chi connectivity index (χ2n) is 15.5. The number of hydrogen-bond donors (Lipinski definition) is 4. The molecule has 1 aromatic carbocycles. The summed E-state index contributed by atoms with van der Waals surface area (Å²) in [5.41, 5.74) is 1.52. The first-order valence-electron chi connectivity index (χ1n) is 18.5. The molecule has 6 rings (SSSR count). The van der Waals surface area contributed by atoms with Gasteiger partial charge in [0, 0.05) is 30.7 Å². The van der Waals surface area contributed by atoms with Crippen molar-refractivity contribution in [3.05, 3.63) is 29.8 Å². The summed E-state index contributed by atoms with van der Waals surface area (Å²) in [6.45, 7) is 18.0. The van der Waals surface area contributed by atoms with E-state index in [0.29, 0.717) is 29.6 Å². The molecule has 5 aliphatic carbocycles. The number of aliphatic carboxylic acids is 1. The van der Waals surface area contributed by atoms with Crippen LogP contribution in [0.15, 0.2) is 29.2 Å². The van der Waals surface area contributed by atoms with Crippen molar-refractivity contribution in [1.29, 1.82) is 0 Å². The first kappa shape index (κ1) is 42.9. The smallest absolute Gasteiger partial charge is 0.300 e. The van der Waals surface area contributed by atoms with Crippen LogP contribution >= 0.6 is 0 Å². The second kappa shape index (κ2) is 17.3. The first-order valence-corrected chi connectivity index (χ1v) is 20.0. The Morgan fingerprint density at radius 1 is 0.980 bits per heavy atom. The number of rotatable bonds is 4. The zero-order valence-electron chi connectivity index (χ0n) is 32.1. The van der Waals surface area contributed by atoms with Gasteiger partial charge in [0.25, 0.3) is 16.1 Å². The molecule has 1 aromatic rings. The molecule has 5 saturated carbocycles. The van der Waals surface area contributed by atoms with Gasteiger partial charge in [-0.25, -0.2) is 0 Å². The Balaban J connectivity index is 0.000000345. The number of aryl methyl sites for hydroxylation is 1. The van der Waals surface area contributed by atoms with Crippen molar-refractivity contribution in [1.82, 2.24) is 10.6 Å². The Morgan fingerprint density at radius 3 is 1.98 bits per heavy atom. The Bertz CT molecular complexity index is 1380. The summed E-state index contributed by atoms with van der Waals surface area (Å²) in [7, 11) is -0.270. The molecule has 4 N–H and O–H groups in total. The van der Waals surface area contributed by atoms with Crippen LogP contribution in [0.5, 0.6) is 0 Å². The molecule has 5 aliphatic rings. The molecule has 9 atom stereocenters. The lowest BCUT2D eigenvalue weighted by atomic mass is 9.48. The largest absolute Gasteiger partial charge is 0.481 e. The molecule has 10 heteroatoms. The third-order valence-corrected chi connectivity index (χ3v) is 13.3. The van der Waals surface area contributed by atoms with E-state index in [4.69, 9.17) is 14.5 Å². The van der Waals surface area contributed by atoms with Crippen LogP contribution in [0.25, 0.3) is 0 Å². The lowest BCUT2D eigenvalue weighted by molar-refractivity contribution is -0.150. The fourth-order valence-electron chi connectivity index (χ4n) is 10.4. The van der Waals surface area contributed by atoms with Gasteiger partial charge in [0.15, 0.2) is 0 Å². The summed E-state index contributed by atoms with van der Waals surface area (Å²) < 4.78 is 29.6. The molecule has 2 spiro atoms. The van der Waals surface area contributed by atoms with E-state index in [1.807, 2.05) is 48.7 Å². The number of amides is 1. The SMILES string of the molecule is CC.CC(=O)O.CCC1CCC2C3CCC4C(C)[C@@H](NC(=O)C(C)C)CCC45CC35C(=O)CC12C.CNC.Cc1ccc(S(=O)(=O)O)cc1. The number of nitrogens with one attached hydrogen (secondary N) is 2. The fourth-order valence-corrected chi connectivity index (χ4v) is 10.8. The number of carboxylic acid groups (broad SMARTS) is 1. The van der Waals surface area contributed by atoms with E-state index in [9.17, 15) is 18.0 Å². The number of carbonyl (C=O) groups excluding carboxylic acids is 2. The number of carbonyl (C=O) groups is 3. The van der Waals surface area contributed by atoms with E-state index >= 15 is 0 Å². The third kappa shape index (κ3) is 8.78. The van der Waals surface area contributed by atoms with Crippen molar-refractivity contribution in [3.63, 3.8) is 0 Å². The third-order valence-electron chi connectivity index (χ3n) is 12.5. The standard InChI is InChI=1S/C26H41NO2.C7H8O3S.C2H7N.C2H4O2.C2H6/c1-6-17-7-8-19-20-10-9-18-16(4)21(27-23(29)15(2)3)11-12-25(18)14-26(20,25)22(28)13-24(17,19)5;1-6-2-4-7(5-3-6)11(8,9)10;1-3-2;1-2(3)4;1-2/h15-21H,6-14H2,1-5H3,(H,27,29);2-5H,1H3,(H,8,9,10);3H,1-2H3;1H3,(H,3,4);1-2H3/t16?,17?,18?,19?,20?,21-,24?,25?,26?;;;;/m0..../s1. The summed E-state index contributed by atoms with van der Waals surface area (Å²) in [6.07, 6.45) is 10.7. The van der Waals surface area contributed by atoms with Crippen LogP contribution in [0.2, 0.25) is 0 Å². The minimum atomic E-state index is -4.02. The van der Waals surface area contributed by atoms with Gasteiger partial charge in [-0.15, -0.1) is 0 Å². The summed E-state index contributed by atoms with van der Waals surface area (Å²) in [5, 5.41) is 13.5. The summed E-state index contributed by atoms with van der Waals surface area (Å²) >= 11 is 0. The number of benzene rings is 1. The molecule has 9 nitrogen and oxygen atoms in total. The monoisotopic (exact) mass is 706 g/mol. The molecule has 280 valence electrons. The Morgan fingerprint density at radius 2 is 1.49 bits per heavy atom. The molecule has 1 amide bonds. The molecule has 8 unspecified atom stereocenters. The molecule has 0 aliphatic heterocycles. The van der Waals surface area contributed by atoms with Crippen LogP contribution in [0.1, 0.15) is 119 Å². The molecule has 0 aromatic heterocycles. The van der Waals surface area contributed by atoms with Gasteiger partial charge in [-0.1, -0.05) is 72.6 Å². The van der Waals surface area contributed by atoms with Crippen molar-refractivity contribution in [2.75, 3.05) is 14.1 Å². The van der Waals surface area contributed by atoms with E-state index in [-0.39, 0.29) is 33.0 Å². The number of carboxylic acids is 1. The normalized spacial score (nSPS) is 34.9. The summed E-state index contributed by atoms with van der Waals surface area (Å²) in [5.74, 6) is 3.35. The highest BCUT2D eigenvalue weighted by atomic mass is 32.2. The highest BCUT2D eigenvalue weighted by Crippen LogP contribution is 2.84. The maximum Gasteiger partial charge on any atom is 0.300 e. The van der Waals surface area contributed by atoms with Gasteiger partial charge < -0.3 is 15.7 Å². The lowest BCUT2D eigenvalue weighted by Crippen LogP contribution is -2.56. The average molecular weight is 707 g/mol. The number of fused-ring (bicyclic) bond motifs is 2. The molecule has 49 heavy (non-hydrogen) atoms. The minimum Gasteiger partial charge on any atom is -0.481 e. The van der Waals surface area contributed by atoms with Crippen molar-refractivity contribution in [2.45, 2.75) is 131 Å². The van der Waals surface area contributed by atoms with Crippen molar-refractivity contribution < 1.29 is 32.5 Å². The average Bonchev–Trinajstić information content (AvgIpc) is 3.61. The molecular formula is C39H66N2O7S. The van der Waals surface area contributed by atoms with Crippen molar-refractivity contribution in [3.8, 4) is 0 Å². The quantitative estimate of drug-likeness (QED) is 0.234. The summed E-state index contributed by atoms with van der Waals surface area (Å²) in [6, 6.07) is 6.29. The highest BCUT2D eigenvalue weighted by Gasteiger charge is 2.82. The predicted octanol–water partition coefficient (Wildman–Crippen LogP) is 7.57. The maximum atomic E-state index is 13.8. The van der Waals surface area contributed by atoms with Crippen LogP contribution in [-0.4, -0.2) is 55.9 Å². The van der Waals surface area contributed by atoms with Crippen LogP contribution in [-0.2, 0) is 24.5 Å². The molecule has 0 saturated heterocycles. The van der Waals surface area contributed by atoms with Crippen LogP contribution in [0, 0.1) is 58.7 Å². The van der Waals surface area contributed by atoms with Crippen molar-refractivity contribution in [2.24, 2.45) is 51.8 Å². The number of hydrogen-bond acceptors (Lipinski definition) is 6. The van der Waals surface area contributed by atoms with Gasteiger partial charge >= 0.3 is 0 Å². The zero-order chi connectivity index (χ0) is 37.5. The molecule has 0 bridgehead atoms. The lowest BCUT2D eigenvalue weighted by Gasteiger charge is -2.56. The zero-order valence-corrected chi connectivity index (χ0v) is 32.9. The van der Waals surface area contributed by atoms with E-state index in [1.165, 1.54) is 50.7 Å². The van der Waals surface area contributed by atoms with Gasteiger partial charge in [-0.05, 0) is 119 Å². The molecule has 0 radical (unpaired) electrons. The van der Waals surface area contributed by atoms with Gasteiger partial charge in [-0.3, -0.25) is 18.9 Å². The summed E-state index contributed by atoms with van der Waals surface area (Å²) in [4.78, 5) is 35.1. The van der Waals surface area contributed by atoms with Gasteiger partial charge in [0.2, 0.25) is 5.91 Å². The first-order chi connectivity index (χ1) is 22.9. The van der Waals surface area contributed by atoms with Gasteiger partial charge in [-0.2, -0.15) is 8.42 Å². The molecule has 5 fully saturated rings. The van der Waals surface area contributed by atoms with Crippen LogP contribution in [0.3, 0.4) is 0 Å². The predicted molar refractivity (Wildman–Crippen MR) is 196 cm³/mol. The molecular weight excluding hydrogens is 641 g/mol. The Hall–Kier alpha value is -2.30. The number of ketones is 1. The van der Waals surface area contributed by atoms with Crippen LogP contribution in [0.4, 0.5) is 0 Å². The minimum absolute atomic E-state index is 0.0179. The maximum absolute atomic E-state index is 13.8. The van der Waals surface area contributed by atoms with E-state index < -0.39 is 16.1 Å². The second-order valence-corrected chi connectivity index (χ2v) is 16.9. The molecule has 0 heterocycles. The number of Topliss-reactive ketones (excluding diaryl/α,β-unsaturated/α-hetero) is 1. The van der Waals surface area contributed by atoms with E-state index in [0.717, 1.165) is 43.6 Å². The topological polar surface area (TPSA) is 150 Å². The van der Waals surface area contributed by atoms with Gasteiger partial charge in [0.1, 0.15) is 5.78 Å². The van der Waals surface area contributed by atoms with Gasteiger partial charge in [0.05, 0.1) is 4.90 Å². The van der Waals surface area contributed by atoms with Crippen LogP contribution < -0.4 is 10.6 Å². The van der Waals surface area contributed by atoms with E-state index in [1.54, 1.807) is 12.1 Å². The Kier molecular flexibility index (Phi) is 15.1. The highest BCUT2D eigenvalue weighted by molar-refractivity contribution is 7.85. The Labute approximate surface area is 296 Å².